The molecular formula is C11H11NO4S. The predicted octanol–water partition coefficient (Wildman–Crippen LogP) is 2.55. The molecule has 6 heteroatoms. The molecule has 1 saturated carbocycles. The van der Waals surface area contributed by atoms with E-state index in [2.05, 4.69) is 0 Å². The number of nitro benzene ring substituents is 1. The van der Waals surface area contributed by atoms with Gasteiger partial charge in [-0.3, -0.25) is 14.9 Å². The van der Waals surface area contributed by atoms with E-state index in [0.717, 1.165) is 24.6 Å². The molecule has 0 radical (unpaired) electrons. The molecule has 1 aromatic carbocycles. The number of carbonyl (C=O) groups is 1. The van der Waals surface area contributed by atoms with Crippen molar-refractivity contribution in [1.82, 2.24) is 0 Å². The molecule has 1 unspecified atom stereocenters. The van der Waals surface area contributed by atoms with Gasteiger partial charge < -0.3 is 5.11 Å². The highest BCUT2D eigenvalue weighted by Crippen LogP contribution is 2.43. The molecule has 1 fully saturated rings. The molecule has 1 aliphatic rings. The monoisotopic (exact) mass is 253 g/mol. The molecular weight excluding hydrogens is 242 g/mol. The molecule has 0 aromatic heterocycles. The Morgan fingerprint density at radius 1 is 1.47 bits per heavy atom. The standard InChI is InChI=1S/C11H11NO4S/c13-11(14)10(7-5-6-7)17-9-4-2-1-3-8(9)12(15)16/h1-4,7,10H,5-6H2,(H,13,14). The van der Waals surface area contributed by atoms with E-state index < -0.39 is 16.1 Å². The number of hydrogen-bond acceptors (Lipinski definition) is 4. The van der Waals surface area contributed by atoms with E-state index in [-0.39, 0.29) is 11.6 Å². The van der Waals surface area contributed by atoms with E-state index >= 15 is 0 Å². The van der Waals surface area contributed by atoms with Gasteiger partial charge in [0.15, 0.2) is 0 Å². The van der Waals surface area contributed by atoms with Crippen molar-refractivity contribution >= 4 is 23.4 Å². The van der Waals surface area contributed by atoms with Gasteiger partial charge in [-0.15, -0.1) is 11.8 Å². The summed E-state index contributed by atoms with van der Waals surface area (Å²) in [7, 11) is 0. The number of thioether (sulfide) groups is 1. The number of carboxylic acid groups (broad SMARTS) is 1. The third kappa shape index (κ3) is 2.76. The van der Waals surface area contributed by atoms with Gasteiger partial charge >= 0.3 is 5.97 Å². The van der Waals surface area contributed by atoms with Crippen LogP contribution in [0.25, 0.3) is 0 Å². The van der Waals surface area contributed by atoms with Crippen LogP contribution in [0.4, 0.5) is 5.69 Å². The average Bonchev–Trinajstić information content (AvgIpc) is 3.09. The lowest BCUT2D eigenvalue weighted by atomic mass is 10.3. The summed E-state index contributed by atoms with van der Waals surface area (Å²) in [5, 5.41) is 19.3. The largest absolute Gasteiger partial charge is 0.480 e. The van der Waals surface area contributed by atoms with E-state index in [1.54, 1.807) is 18.2 Å². The Labute approximate surface area is 102 Å². The Morgan fingerprint density at radius 2 is 2.12 bits per heavy atom. The lowest BCUT2D eigenvalue weighted by molar-refractivity contribution is -0.387. The summed E-state index contributed by atoms with van der Waals surface area (Å²) in [6.45, 7) is 0. The molecule has 0 saturated heterocycles. The molecule has 0 aliphatic heterocycles. The number of benzene rings is 1. The predicted molar refractivity (Wildman–Crippen MR) is 63.1 cm³/mol. The number of hydrogen-bond donors (Lipinski definition) is 1. The van der Waals surface area contributed by atoms with Crippen LogP contribution < -0.4 is 0 Å². The van der Waals surface area contributed by atoms with Crippen LogP contribution in [0.15, 0.2) is 29.2 Å². The molecule has 0 bridgehead atoms. The van der Waals surface area contributed by atoms with Crippen LogP contribution in [0.3, 0.4) is 0 Å². The Hall–Kier alpha value is -1.56. The molecule has 1 atom stereocenters. The van der Waals surface area contributed by atoms with Gasteiger partial charge in [-0.2, -0.15) is 0 Å². The summed E-state index contributed by atoms with van der Waals surface area (Å²) in [6.07, 6.45) is 1.79. The van der Waals surface area contributed by atoms with Gasteiger partial charge in [0.25, 0.3) is 5.69 Å². The van der Waals surface area contributed by atoms with E-state index in [1.807, 2.05) is 0 Å². The highest BCUT2D eigenvalue weighted by atomic mass is 32.2. The highest BCUT2D eigenvalue weighted by molar-refractivity contribution is 8.00. The first kappa shape index (κ1) is 11.9. The average molecular weight is 253 g/mol. The second kappa shape index (κ2) is 4.75. The Balaban J connectivity index is 2.22. The van der Waals surface area contributed by atoms with Crippen molar-refractivity contribution in [2.45, 2.75) is 23.0 Å². The van der Waals surface area contributed by atoms with Crippen LogP contribution in [0.5, 0.6) is 0 Å². The zero-order valence-electron chi connectivity index (χ0n) is 8.91. The summed E-state index contributed by atoms with van der Waals surface area (Å²) in [6, 6.07) is 6.26. The maximum atomic E-state index is 11.1. The topological polar surface area (TPSA) is 80.4 Å². The van der Waals surface area contributed by atoms with Crippen LogP contribution in [-0.2, 0) is 4.79 Å². The number of para-hydroxylation sites is 1. The zero-order chi connectivity index (χ0) is 12.4. The van der Waals surface area contributed by atoms with E-state index in [1.165, 1.54) is 6.07 Å². The van der Waals surface area contributed by atoms with Crippen LogP contribution in [0.2, 0.25) is 0 Å². The highest BCUT2D eigenvalue weighted by Gasteiger charge is 2.38. The Kier molecular flexibility index (Phi) is 3.33. The molecule has 2 rings (SSSR count). The van der Waals surface area contributed by atoms with Gasteiger partial charge in [-0.05, 0) is 24.8 Å². The second-order valence-electron chi connectivity index (χ2n) is 3.94. The minimum Gasteiger partial charge on any atom is -0.480 e. The molecule has 5 nitrogen and oxygen atoms in total. The van der Waals surface area contributed by atoms with Crippen molar-refractivity contribution in [3.05, 3.63) is 34.4 Å². The van der Waals surface area contributed by atoms with Gasteiger partial charge in [-0.1, -0.05) is 12.1 Å². The number of aliphatic carboxylic acids is 1. The van der Waals surface area contributed by atoms with Crippen LogP contribution in [0, 0.1) is 16.0 Å². The maximum absolute atomic E-state index is 11.1. The molecule has 17 heavy (non-hydrogen) atoms. The van der Waals surface area contributed by atoms with E-state index in [9.17, 15) is 14.9 Å². The molecule has 0 heterocycles. The minimum atomic E-state index is -0.893. The van der Waals surface area contributed by atoms with E-state index in [4.69, 9.17) is 5.11 Å². The van der Waals surface area contributed by atoms with Crippen LogP contribution >= 0.6 is 11.8 Å². The fourth-order valence-electron chi connectivity index (χ4n) is 1.59. The molecule has 1 aromatic rings. The third-order valence-electron chi connectivity index (χ3n) is 2.61. The minimum absolute atomic E-state index is 0.0237. The van der Waals surface area contributed by atoms with Gasteiger partial charge in [0.05, 0.1) is 9.82 Å². The summed E-state index contributed by atoms with van der Waals surface area (Å²) < 4.78 is 0. The fourth-order valence-corrected chi connectivity index (χ4v) is 2.85. The quantitative estimate of drug-likeness (QED) is 0.495. The lowest BCUT2D eigenvalue weighted by Crippen LogP contribution is -2.18. The smallest absolute Gasteiger partial charge is 0.317 e. The summed E-state index contributed by atoms with van der Waals surface area (Å²) >= 11 is 1.08. The van der Waals surface area contributed by atoms with Crippen molar-refractivity contribution in [2.75, 3.05) is 0 Å². The number of carboxylic acids is 1. The lowest BCUT2D eigenvalue weighted by Gasteiger charge is -2.10. The van der Waals surface area contributed by atoms with Gasteiger partial charge in [0, 0.05) is 6.07 Å². The number of nitrogens with zero attached hydrogens (tertiary/aromatic N) is 1. The SMILES string of the molecule is O=C(O)C(Sc1ccccc1[N+](=O)[O-])C1CC1. The summed E-state index contributed by atoms with van der Waals surface area (Å²) in [5.41, 5.74) is -0.0237. The maximum Gasteiger partial charge on any atom is 0.317 e. The Bertz CT molecular complexity index is 459. The fraction of sp³-hybridized carbons (Fsp3) is 0.364. The number of rotatable bonds is 5. The Morgan fingerprint density at radius 3 is 2.65 bits per heavy atom. The van der Waals surface area contributed by atoms with Crippen LogP contribution in [0.1, 0.15) is 12.8 Å². The molecule has 1 aliphatic carbocycles. The van der Waals surface area contributed by atoms with Crippen molar-refractivity contribution in [1.29, 1.82) is 0 Å². The van der Waals surface area contributed by atoms with Gasteiger partial charge in [0.1, 0.15) is 5.25 Å². The zero-order valence-corrected chi connectivity index (χ0v) is 9.72. The number of nitro groups is 1. The first-order valence-electron chi connectivity index (χ1n) is 5.22. The van der Waals surface area contributed by atoms with Gasteiger partial charge in [-0.25, -0.2) is 0 Å². The molecule has 1 N–H and O–H groups in total. The summed E-state index contributed by atoms with van der Waals surface area (Å²) in [5.74, 6) is -0.743. The first-order valence-corrected chi connectivity index (χ1v) is 6.10. The van der Waals surface area contributed by atoms with Crippen molar-refractivity contribution in [2.24, 2.45) is 5.92 Å². The summed E-state index contributed by atoms with van der Waals surface area (Å²) in [4.78, 5) is 21.8. The normalized spacial score (nSPS) is 16.5. The van der Waals surface area contributed by atoms with Crippen LogP contribution in [-0.4, -0.2) is 21.2 Å². The van der Waals surface area contributed by atoms with Crippen molar-refractivity contribution in [3.63, 3.8) is 0 Å². The third-order valence-corrected chi connectivity index (χ3v) is 4.05. The molecule has 90 valence electrons. The second-order valence-corrected chi connectivity index (χ2v) is 5.12. The van der Waals surface area contributed by atoms with Gasteiger partial charge in [0.2, 0.25) is 0 Å². The van der Waals surface area contributed by atoms with Crippen molar-refractivity contribution < 1.29 is 14.8 Å². The van der Waals surface area contributed by atoms with Crippen molar-refractivity contribution in [3.8, 4) is 0 Å². The molecule has 0 amide bonds. The molecule has 0 spiro atoms. The van der Waals surface area contributed by atoms with E-state index in [0.29, 0.717) is 4.90 Å². The first-order chi connectivity index (χ1) is 8.09.